The van der Waals surface area contributed by atoms with E-state index in [4.69, 9.17) is 0 Å². The Morgan fingerprint density at radius 2 is 1.43 bits per heavy atom. The third kappa shape index (κ3) is 6.58. The Kier molecular flexibility index (Phi) is 4.24. The molecule has 1 atom stereocenters. The molecule has 1 unspecified atom stereocenters. The van der Waals surface area contributed by atoms with Crippen LogP contribution >= 0.6 is 0 Å². The van der Waals surface area contributed by atoms with Gasteiger partial charge in [0.2, 0.25) is 0 Å². The van der Waals surface area contributed by atoms with E-state index in [0.717, 1.165) is 0 Å². The summed E-state index contributed by atoms with van der Waals surface area (Å²) in [7, 11) is 0. The molecule has 0 bridgehead atoms. The number of aliphatic hydroxyl groups excluding tert-OH is 1. The van der Waals surface area contributed by atoms with Crippen LogP contribution in [0.1, 0.15) is 41.5 Å². The zero-order valence-corrected chi connectivity index (χ0v) is 10.0. The molecule has 0 radical (unpaired) electrons. The fourth-order valence-corrected chi connectivity index (χ4v) is 0.540. The molecule has 0 aliphatic heterocycles. The van der Waals surface area contributed by atoms with Crippen LogP contribution in [0.3, 0.4) is 0 Å². The predicted molar refractivity (Wildman–Crippen MR) is 60.5 cm³/mol. The van der Waals surface area contributed by atoms with E-state index in [0.29, 0.717) is 0 Å². The lowest BCUT2D eigenvalue weighted by molar-refractivity contribution is 0.114. The maximum absolute atomic E-state index is 9.57. The van der Waals surface area contributed by atoms with Crippen molar-refractivity contribution >= 4 is 0 Å². The van der Waals surface area contributed by atoms with Crippen LogP contribution in [0.4, 0.5) is 0 Å². The molecule has 0 saturated heterocycles. The average molecular weight is 192 g/mol. The van der Waals surface area contributed by atoms with Gasteiger partial charge in [0, 0.05) is 5.41 Å². The lowest BCUT2D eigenvalue weighted by Crippen LogP contribution is -2.23. The highest BCUT2D eigenvalue weighted by molar-refractivity contribution is 5.29. The van der Waals surface area contributed by atoms with Gasteiger partial charge in [-0.2, -0.15) is 0 Å². The molecule has 0 heterocycles. The molecule has 78 valence electrons. The van der Waals surface area contributed by atoms with Gasteiger partial charge in [-0.1, -0.05) is 32.6 Å². The Bertz CT molecular complexity index is 291. The Hall–Kier alpha value is -0.920. The minimum atomic E-state index is -0.614. The number of rotatable bonds is 0. The molecule has 0 aromatic heterocycles. The molecule has 0 amide bonds. The molecule has 0 aliphatic carbocycles. The first kappa shape index (κ1) is 13.1. The highest BCUT2D eigenvalue weighted by atomic mass is 16.3. The molecule has 0 rings (SSSR count). The summed E-state index contributed by atoms with van der Waals surface area (Å²) in [5, 5.41) is 9.57. The normalized spacial score (nSPS) is 13.4. The van der Waals surface area contributed by atoms with Gasteiger partial charge in [-0.05, 0) is 38.0 Å². The van der Waals surface area contributed by atoms with Crippen LogP contribution in [0.5, 0.6) is 0 Å². The van der Waals surface area contributed by atoms with Crippen molar-refractivity contribution < 1.29 is 5.11 Å². The van der Waals surface area contributed by atoms with E-state index in [9.17, 15) is 5.11 Å². The van der Waals surface area contributed by atoms with Gasteiger partial charge in [0.1, 0.15) is 6.10 Å². The van der Waals surface area contributed by atoms with Crippen molar-refractivity contribution in [2.45, 2.75) is 47.6 Å². The molecule has 0 fully saturated rings. The summed E-state index contributed by atoms with van der Waals surface area (Å²) in [4.78, 5) is 0. The molecule has 0 aromatic carbocycles. The van der Waals surface area contributed by atoms with E-state index in [2.05, 4.69) is 23.7 Å². The third-order valence-electron chi connectivity index (χ3n) is 1.53. The number of aliphatic hydroxyl groups is 1. The Labute approximate surface area is 87.9 Å². The quantitative estimate of drug-likeness (QED) is 0.584. The highest BCUT2D eigenvalue weighted by Gasteiger charge is 2.19. The molecule has 1 heteroatoms. The molecule has 0 spiro atoms. The second kappa shape index (κ2) is 4.54. The Balaban J connectivity index is 4.39. The fourth-order valence-electron chi connectivity index (χ4n) is 0.540. The van der Waals surface area contributed by atoms with Crippen LogP contribution < -0.4 is 0 Å². The Morgan fingerprint density at radius 3 is 1.79 bits per heavy atom. The van der Waals surface area contributed by atoms with Crippen LogP contribution in [-0.2, 0) is 0 Å². The largest absolute Gasteiger partial charge is 0.380 e. The summed E-state index contributed by atoms with van der Waals surface area (Å²) in [5.41, 5.74) is -0.224. The topological polar surface area (TPSA) is 20.2 Å². The van der Waals surface area contributed by atoms with Gasteiger partial charge in [-0.25, -0.2) is 0 Å². The van der Waals surface area contributed by atoms with E-state index >= 15 is 0 Å². The van der Waals surface area contributed by atoms with E-state index in [1.54, 1.807) is 0 Å². The van der Waals surface area contributed by atoms with Crippen LogP contribution in [-0.4, -0.2) is 11.2 Å². The van der Waals surface area contributed by atoms with Gasteiger partial charge in [-0.15, -0.1) is 0 Å². The minimum Gasteiger partial charge on any atom is -0.380 e. The first-order valence-corrected chi connectivity index (χ1v) is 4.84. The lowest BCUT2D eigenvalue weighted by atomic mass is 9.89. The molecular weight excluding hydrogens is 172 g/mol. The highest BCUT2D eigenvalue weighted by Crippen LogP contribution is 2.17. The van der Waals surface area contributed by atoms with Crippen LogP contribution in [0, 0.1) is 34.5 Å². The first-order valence-electron chi connectivity index (χ1n) is 4.84. The van der Waals surface area contributed by atoms with Gasteiger partial charge < -0.3 is 5.11 Å². The van der Waals surface area contributed by atoms with Gasteiger partial charge in [0.05, 0.1) is 0 Å². The number of hydrogen-bond donors (Lipinski definition) is 1. The summed E-state index contributed by atoms with van der Waals surface area (Å²) >= 11 is 0. The summed E-state index contributed by atoms with van der Waals surface area (Å²) in [6.07, 6.45) is -0.614. The van der Waals surface area contributed by atoms with Gasteiger partial charge in [-0.3, -0.25) is 0 Å². The molecule has 0 aliphatic rings. The van der Waals surface area contributed by atoms with Crippen LogP contribution in [0.25, 0.3) is 0 Å². The van der Waals surface area contributed by atoms with E-state index in [1.807, 2.05) is 41.5 Å². The predicted octanol–water partition coefficient (Wildman–Crippen LogP) is 2.45. The van der Waals surface area contributed by atoms with Crippen LogP contribution in [0.2, 0.25) is 0 Å². The fraction of sp³-hybridized carbons (Fsp3) is 0.692. The van der Waals surface area contributed by atoms with Crippen molar-refractivity contribution in [3.8, 4) is 23.7 Å². The minimum absolute atomic E-state index is 0.0264. The first-order chi connectivity index (χ1) is 6.13. The SMILES string of the molecule is CC(C)(C)C#CC#CC(O)C(C)(C)C. The average Bonchev–Trinajstić information content (AvgIpc) is 1.93. The van der Waals surface area contributed by atoms with Crippen molar-refractivity contribution in [1.29, 1.82) is 0 Å². The lowest BCUT2D eigenvalue weighted by Gasteiger charge is -2.20. The third-order valence-corrected chi connectivity index (χ3v) is 1.53. The molecule has 14 heavy (non-hydrogen) atoms. The smallest absolute Gasteiger partial charge is 0.120 e. The summed E-state index contributed by atoms with van der Waals surface area (Å²) in [6.45, 7) is 11.9. The Morgan fingerprint density at radius 1 is 0.929 bits per heavy atom. The molecule has 1 N–H and O–H groups in total. The molecule has 0 aromatic rings. The van der Waals surface area contributed by atoms with Crippen molar-refractivity contribution in [3.63, 3.8) is 0 Å². The van der Waals surface area contributed by atoms with Gasteiger partial charge >= 0.3 is 0 Å². The summed E-state index contributed by atoms with van der Waals surface area (Å²) < 4.78 is 0. The van der Waals surface area contributed by atoms with Gasteiger partial charge in [0.25, 0.3) is 0 Å². The van der Waals surface area contributed by atoms with E-state index in [-0.39, 0.29) is 10.8 Å². The van der Waals surface area contributed by atoms with Crippen molar-refractivity contribution in [2.75, 3.05) is 0 Å². The standard InChI is InChI=1S/C13H20O/c1-12(2,3)10-8-7-9-11(14)13(4,5)6/h11,14H,1-6H3. The van der Waals surface area contributed by atoms with Crippen molar-refractivity contribution in [3.05, 3.63) is 0 Å². The van der Waals surface area contributed by atoms with Gasteiger partial charge in [0.15, 0.2) is 0 Å². The maximum atomic E-state index is 9.57. The van der Waals surface area contributed by atoms with E-state index < -0.39 is 6.10 Å². The zero-order chi connectivity index (χ0) is 11.4. The van der Waals surface area contributed by atoms with Crippen molar-refractivity contribution in [2.24, 2.45) is 10.8 Å². The molecule has 0 saturated carbocycles. The number of hydrogen-bond acceptors (Lipinski definition) is 1. The zero-order valence-electron chi connectivity index (χ0n) is 10.0. The molecule has 1 nitrogen and oxygen atoms in total. The second-order valence-corrected chi connectivity index (χ2v) is 5.54. The van der Waals surface area contributed by atoms with Crippen molar-refractivity contribution in [1.82, 2.24) is 0 Å². The van der Waals surface area contributed by atoms with Crippen LogP contribution in [0.15, 0.2) is 0 Å². The monoisotopic (exact) mass is 192 g/mol. The summed E-state index contributed by atoms with van der Waals surface area (Å²) in [6, 6.07) is 0. The molecular formula is C13H20O. The summed E-state index contributed by atoms with van der Waals surface area (Å²) in [5.74, 6) is 11.2. The maximum Gasteiger partial charge on any atom is 0.120 e. The van der Waals surface area contributed by atoms with E-state index in [1.165, 1.54) is 0 Å². The second-order valence-electron chi connectivity index (χ2n) is 5.54.